The molecule has 0 unspecified atom stereocenters. The summed E-state index contributed by atoms with van der Waals surface area (Å²) in [6.07, 6.45) is 1.70. The van der Waals surface area contributed by atoms with Crippen molar-refractivity contribution in [3.8, 4) is 5.75 Å². The van der Waals surface area contributed by atoms with Gasteiger partial charge in [0.2, 0.25) is 0 Å². The zero-order valence-corrected chi connectivity index (χ0v) is 17.0. The second-order valence-electron chi connectivity index (χ2n) is 7.60. The summed E-state index contributed by atoms with van der Waals surface area (Å²) in [4.78, 5) is 26.9. The largest absolute Gasteiger partial charge is 0.497 e. The number of nitrogens with zero attached hydrogens (tertiary/aromatic N) is 1. The van der Waals surface area contributed by atoms with E-state index in [-0.39, 0.29) is 17.4 Å². The fourth-order valence-corrected chi connectivity index (χ4v) is 2.69. The molecular weight excluding hydrogens is 352 g/mol. The second kappa shape index (κ2) is 9.22. The van der Waals surface area contributed by atoms with E-state index >= 15 is 0 Å². The van der Waals surface area contributed by atoms with E-state index in [4.69, 9.17) is 4.74 Å². The number of rotatable bonds is 7. The van der Waals surface area contributed by atoms with E-state index in [1.165, 1.54) is 0 Å². The van der Waals surface area contributed by atoms with E-state index in [1.807, 2.05) is 45.0 Å². The van der Waals surface area contributed by atoms with Crippen molar-refractivity contribution in [1.82, 2.24) is 10.2 Å². The molecule has 0 saturated heterocycles. The number of ether oxygens (including phenoxy) is 1. The summed E-state index contributed by atoms with van der Waals surface area (Å²) < 4.78 is 5.17. The van der Waals surface area contributed by atoms with E-state index in [2.05, 4.69) is 11.9 Å². The molecule has 5 heteroatoms. The van der Waals surface area contributed by atoms with Crippen LogP contribution in [0.2, 0.25) is 0 Å². The molecule has 28 heavy (non-hydrogen) atoms. The average molecular weight is 380 g/mol. The number of hydrogen-bond donors (Lipinski definition) is 1. The summed E-state index contributed by atoms with van der Waals surface area (Å²) in [7, 11) is 1.62. The summed E-state index contributed by atoms with van der Waals surface area (Å²) in [5.74, 6) is 0.501. The Labute approximate surface area is 167 Å². The second-order valence-corrected chi connectivity index (χ2v) is 7.60. The Morgan fingerprint density at radius 3 is 2.11 bits per heavy atom. The molecule has 2 aromatic rings. The van der Waals surface area contributed by atoms with Crippen LogP contribution < -0.4 is 10.1 Å². The van der Waals surface area contributed by atoms with E-state index < -0.39 is 0 Å². The van der Waals surface area contributed by atoms with Crippen molar-refractivity contribution in [2.45, 2.75) is 32.9 Å². The van der Waals surface area contributed by atoms with Gasteiger partial charge in [0.25, 0.3) is 11.8 Å². The fourth-order valence-electron chi connectivity index (χ4n) is 2.69. The molecule has 0 saturated carbocycles. The Hall–Kier alpha value is -3.08. The molecule has 0 fully saturated rings. The summed E-state index contributed by atoms with van der Waals surface area (Å²) in [6, 6.07) is 14.3. The molecule has 0 radical (unpaired) electrons. The molecular formula is C23H28N2O3. The van der Waals surface area contributed by atoms with Crippen LogP contribution in [-0.2, 0) is 6.54 Å². The first-order valence-electron chi connectivity index (χ1n) is 9.19. The number of methoxy groups -OCH3 is 1. The number of amides is 2. The van der Waals surface area contributed by atoms with Crippen molar-refractivity contribution >= 4 is 11.8 Å². The molecule has 0 aromatic heterocycles. The smallest absolute Gasteiger partial charge is 0.254 e. The molecule has 2 rings (SSSR count). The van der Waals surface area contributed by atoms with Gasteiger partial charge in [0.15, 0.2) is 0 Å². The maximum Gasteiger partial charge on any atom is 0.254 e. The first-order valence-corrected chi connectivity index (χ1v) is 9.19. The number of nitrogens with one attached hydrogen (secondary N) is 1. The van der Waals surface area contributed by atoms with Crippen LogP contribution in [0.4, 0.5) is 0 Å². The van der Waals surface area contributed by atoms with Gasteiger partial charge in [0.1, 0.15) is 5.75 Å². The van der Waals surface area contributed by atoms with Crippen molar-refractivity contribution in [3.63, 3.8) is 0 Å². The molecule has 0 bridgehead atoms. The maximum atomic E-state index is 12.9. The van der Waals surface area contributed by atoms with Crippen molar-refractivity contribution < 1.29 is 14.3 Å². The van der Waals surface area contributed by atoms with E-state index in [0.29, 0.717) is 24.2 Å². The lowest BCUT2D eigenvalue weighted by Crippen LogP contribution is -2.40. The summed E-state index contributed by atoms with van der Waals surface area (Å²) in [5, 5.41) is 2.91. The zero-order valence-electron chi connectivity index (χ0n) is 17.0. The fraction of sp³-hybridized carbons (Fsp3) is 0.304. The van der Waals surface area contributed by atoms with Gasteiger partial charge >= 0.3 is 0 Å². The van der Waals surface area contributed by atoms with Crippen LogP contribution in [-0.4, -0.2) is 35.9 Å². The van der Waals surface area contributed by atoms with E-state index in [0.717, 1.165) is 11.3 Å². The minimum Gasteiger partial charge on any atom is -0.497 e. The molecule has 0 aliphatic carbocycles. The third kappa shape index (κ3) is 5.98. The van der Waals surface area contributed by atoms with Gasteiger partial charge in [-0.25, -0.2) is 0 Å². The predicted molar refractivity (Wildman–Crippen MR) is 112 cm³/mol. The van der Waals surface area contributed by atoms with Crippen molar-refractivity contribution in [2.24, 2.45) is 0 Å². The minimum absolute atomic E-state index is 0.113. The molecule has 0 atom stereocenters. The Morgan fingerprint density at radius 2 is 1.61 bits per heavy atom. The first kappa shape index (κ1) is 21.2. The molecule has 148 valence electrons. The number of carbonyl (C=O) groups is 2. The average Bonchev–Trinajstić information content (AvgIpc) is 2.66. The highest BCUT2D eigenvalue weighted by molar-refractivity contribution is 5.98. The molecule has 2 amide bonds. The molecule has 0 aliphatic heterocycles. The summed E-state index contributed by atoms with van der Waals surface area (Å²) in [5.41, 5.74) is 1.74. The van der Waals surface area contributed by atoms with Crippen LogP contribution >= 0.6 is 0 Å². The summed E-state index contributed by atoms with van der Waals surface area (Å²) >= 11 is 0. The van der Waals surface area contributed by atoms with Crippen LogP contribution in [0, 0.1) is 0 Å². The Morgan fingerprint density at radius 1 is 1.04 bits per heavy atom. The number of benzene rings is 2. The van der Waals surface area contributed by atoms with Crippen molar-refractivity contribution in [3.05, 3.63) is 77.9 Å². The lowest BCUT2D eigenvalue weighted by Gasteiger charge is -2.22. The van der Waals surface area contributed by atoms with Crippen LogP contribution in [0.15, 0.2) is 61.2 Å². The van der Waals surface area contributed by atoms with Crippen LogP contribution in [0.3, 0.4) is 0 Å². The van der Waals surface area contributed by atoms with Gasteiger partial charge in [-0.15, -0.1) is 6.58 Å². The van der Waals surface area contributed by atoms with Gasteiger partial charge in [-0.05, 0) is 62.7 Å². The summed E-state index contributed by atoms with van der Waals surface area (Å²) in [6.45, 7) is 10.4. The van der Waals surface area contributed by atoms with Gasteiger partial charge < -0.3 is 15.0 Å². The lowest BCUT2D eigenvalue weighted by molar-refractivity contribution is 0.0761. The highest BCUT2D eigenvalue weighted by atomic mass is 16.5. The van der Waals surface area contributed by atoms with Crippen LogP contribution in [0.5, 0.6) is 5.75 Å². The first-order chi connectivity index (χ1) is 13.2. The molecule has 1 N–H and O–H groups in total. The van der Waals surface area contributed by atoms with Gasteiger partial charge in [-0.1, -0.05) is 18.2 Å². The lowest BCUT2D eigenvalue weighted by atomic mass is 10.1. The quantitative estimate of drug-likeness (QED) is 0.737. The van der Waals surface area contributed by atoms with Gasteiger partial charge in [0.05, 0.1) is 7.11 Å². The van der Waals surface area contributed by atoms with E-state index in [9.17, 15) is 9.59 Å². The SMILES string of the molecule is C=CCN(Cc1ccc(OC)cc1)C(=O)c1ccc(C(=O)NC(C)(C)C)cc1. The van der Waals surface area contributed by atoms with Gasteiger partial charge in [-0.3, -0.25) is 9.59 Å². The molecule has 0 spiro atoms. The van der Waals surface area contributed by atoms with Gasteiger partial charge in [0, 0.05) is 29.8 Å². The molecule has 2 aromatic carbocycles. The highest BCUT2D eigenvalue weighted by Gasteiger charge is 2.18. The Bertz CT molecular complexity index is 818. The standard InChI is InChI=1S/C23H28N2O3/c1-6-15-25(16-17-7-13-20(28-5)14-8-17)22(27)19-11-9-18(10-12-19)21(26)24-23(2,3)4/h6-14H,1,15-16H2,2-5H3,(H,24,26). The third-order valence-electron chi connectivity index (χ3n) is 4.05. The topological polar surface area (TPSA) is 58.6 Å². The zero-order chi connectivity index (χ0) is 20.7. The number of carbonyl (C=O) groups excluding carboxylic acids is 2. The van der Waals surface area contributed by atoms with Crippen LogP contribution in [0.1, 0.15) is 47.1 Å². The Balaban J connectivity index is 2.13. The molecule has 0 aliphatic rings. The highest BCUT2D eigenvalue weighted by Crippen LogP contribution is 2.15. The van der Waals surface area contributed by atoms with Crippen molar-refractivity contribution in [2.75, 3.05) is 13.7 Å². The number of hydrogen-bond acceptors (Lipinski definition) is 3. The van der Waals surface area contributed by atoms with Crippen LogP contribution in [0.25, 0.3) is 0 Å². The Kier molecular flexibility index (Phi) is 6.99. The molecule has 0 heterocycles. The minimum atomic E-state index is -0.315. The predicted octanol–water partition coefficient (Wildman–Crippen LogP) is 4.05. The van der Waals surface area contributed by atoms with E-state index in [1.54, 1.807) is 42.4 Å². The maximum absolute atomic E-state index is 12.9. The monoisotopic (exact) mass is 380 g/mol. The van der Waals surface area contributed by atoms with Crippen molar-refractivity contribution in [1.29, 1.82) is 0 Å². The normalized spacial score (nSPS) is 10.9. The van der Waals surface area contributed by atoms with Gasteiger partial charge in [-0.2, -0.15) is 0 Å². The third-order valence-corrected chi connectivity index (χ3v) is 4.05. The molecule has 5 nitrogen and oxygen atoms in total.